The summed E-state index contributed by atoms with van der Waals surface area (Å²) in [5, 5.41) is 0. The molecule has 0 aliphatic carbocycles. The van der Waals surface area contributed by atoms with Crippen molar-refractivity contribution in [2.24, 2.45) is 0 Å². The standard InChI is InChI=1S/C76H142O6/c1-4-7-10-13-16-19-22-24-26-28-30-32-34-36-38-40-41-43-45-47-49-51-54-57-60-63-66-69-75(78)81-72-73(71-80-74(77)68-65-62-59-56-53-21-18-15-12-9-6-3)82-76(79)70-67-64-61-58-55-52-50-48-46-44-42-39-37-35-33-31-29-27-25-23-20-17-14-11-8-5-2/h22,24,28,30,34,36,73H,4-21,23,25-27,29,31-33,35,37-72H2,1-3H3/b24-22-,30-28-,36-34-. The van der Waals surface area contributed by atoms with E-state index in [1.165, 1.54) is 302 Å². The van der Waals surface area contributed by atoms with Crippen LogP contribution in [0.5, 0.6) is 0 Å². The van der Waals surface area contributed by atoms with E-state index < -0.39 is 6.10 Å². The van der Waals surface area contributed by atoms with Crippen molar-refractivity contribution in [1.82, 2.24) is 0 Å². The molecule has 0 aliphatic rings. The second-order valence-corrected chi connectivity index (χ2v) is 25.2. The van der Waals surface area contributed by atoms with Crippen LogP contribution in [-0.2, 0) is 28.6 Å². The molecule has 0 fully saturated rings. The number of carbonyl (C=O) groups is 3. The highest BCUT2D eigenvalue weighted by Crippen LogP contribution is 2.19. The van der Waals surface area contributed by atoms with Crippen LogP contribution in [0.2, 0.25) is 0 Å². The summed E-state index contributed by atoms with van der Waals surface area (Å²) >= 11 is 0. The zero-order valence-corrected chi connectivity index (χ0v) is 55.5. The second-order valence-electron chi connectivity index (χ2n) is 25.2. The predicted octanol–water partition coefficient (Wildman–Crippen LogP) is 25.5. The van der Waals surface area contributed by atoms with E-state index in [-0.39, 0.29) is 31.1 Å². The van der Waals surface area contributed by atoms with Gasteiger partial charge in [-0.2, -0.15) is 0 Å². The lowest BCUT2D eigenvalue weighted by Crippen LogP contribution is -2.30. The van der Waals surface area contributed by atoms with Crippen molar-refractivity contribution in [2.75, 3.05) is 13.2 Å². The fourth-order valence-corrected chi connectivity index (χ4v) is 11.3. The van der Waals surface area contributed by atoms with Crippen LogP contribution in [0, 0.1) is 0 Å². The number of ether oxygens (including phenoxy) is 3. The largest absolute Gasteiger partial charge is 0.462 e. The summed E-state index contributed by atoms with van der Waals surface area (Å²) in [6, 6.07) is 0. The van der Waals surface area contributed by atoms with Gasteiger partial charge in [-0.3, -0.25) is 14.4 Å². The summed E-state index contributed by atoms with van der Waals surface area (Å²) < 4.78 is 17.0. The van der Waals surface area contributed by atoms with Crippen LogP contribution in [0.25, 0.3) is 0 Å². The molecule has 482 valence electrons. The Bertz CT molecular complexity index is 1370. The van der Waals surface area contributed by atoms with Crippen LogP contribution in [0.1, 0.15) is 412 Å². The summed E-state index contributed by atoms with van der Waals surface area (Å²) in [5.74, 6) is -0.838. The zero-order chi connectivity index (χ0) is 59.2. The van der Waals surface area contributed by atoms with Gasteiger partial charge in [0.25, 0.3) is 0 Å². The molecule has 1 unspecified atom stereocenters. The van der Waals surface area contributed by atoms with E-state index in [2.05, 4.69) is 57.2 Å². The minimum Gasteiger partial charge on any atom is -0.462 e. The summed E-state index contributed by atoms with van der Waals surface area (Å²) in [6.45, 7) is 6.70. The highest BCUT2D eigenvalue weighted by atomic mass is 16.6. The van der Waals surface area contributed by atoms with Crippen LogP contribution in [-0.4, -0.2) is 37.2 Å². The Morgan fingerprint density at radius 1 is 0.244 bits per heavy atom. The fourth-order valence-electron chi connectivity index (χ4n) is 11.3. The van der Waals surface area contributed by atoms with E-state index in [4.69, 9.17) is 14.2 Å². The molecule has 0 aromatic carbocycles. The zero-order valence-electron chi connectivity index (χ0n) is 55.5. The third-order valence-corrected chi connectivity index (χ3v) is 16.9. The normalized spacial score (nSPS) is 12.2. The van der Waals surface area contributed by atoms with Crippen molar-refractivity contribution < 1.29 is 28.6 Å². The number of hydrogen-bond donors (Lipinski definition) is 0. The van der Waals surface area contributed by atoms with E-state index in [1.807, 2.05) is 0 Å². The monoisotopic (exact) mass is 1150 g/mol. The molecule has 0 amide bonds. The quantitative estimate of drug-likeness (QED) is 0.0261. The van der Waals surface area contributed by atoms with E-state index in [0.717, 1.165) is 70.6 Å². The lowest BCUT2D eigenvalue weighted by molar-refractivity contribution is -0.167. The van der Waals surface area contributed by atoms with Gasteiger partial charge in [0, 0.05) is 19.3 Å². The van der Waals surface area contributed by atoms with Crippen LogP contribution >= 0.6 is 0 Å². The first kappa shape index (κ1) is 79.6. The van der Waals surface area contributed by atoms with Crippen molar-refractivity contribution in [3.63, 3.8) is 0 Å². The van der Waals surface area contributed by atoms with Gasteiger partial charge in [0.1, 0.15) is 13.2 Å². The smallest absolute Gasteiger partial charge is 0.306 e. The van der Waals surface area contributed by atoms with Crippen molar-refractivity contribution in [1.29, 1.82) is 0 Å². The third-order valence-electron chi connectivity index (χ3n) is 16.9. The molecular weight excluding hydrogens is 1010 g/mol. The average Bonchev–Trinajstić information content (AvgIpc) is 3.48. The van der Waals surface area contributed by atoms with Gasteiger partial charge in [0.15, 0.2) is 6.10 Å². The lowest BCUT2D eigenvalue weighted by atomic mass is 10.0. The van der Waals surface area contributed by atoms with E-state index >= 15 is 0 Å². The Balaban J connectivity index is 4.16. The maximum absolute atomic E-state index is 13.0. The molecule has 0 radical (unpaired) electrons. The van der Waals surface area contributed by atoms with Gasteiger partial charge in [0.05, 0.1) is 0 Å². The van der Waals surface area contributed by atoms with Crippen molar-refractivity contribution in [3.8, 4) is 0 Å². The summed E-state index contributed by atoms with van der Waals surface area (Å²) in [4.78, 5) is 38.4. The number of allylic oxidation sites excluding steroid dienone is 6. The minimum atomic E-state index is -0.770. The fraction of sp³-hybridized carbons (Fsp3) is 0.882. The molecule has 0 aromatic rings. The number of unbranched alkanes of at least 4 members (excludes halogenated alkanes) is 52. The Kier molecular flexibility index (Phi) is 69.1. The molecule has 0 spiro atoms. The molecule has 0 rings (SSSR count). The lowest BCUT2D eigenvalue weighted by Gasteiger charge is -2.18. The van der Waals surface area contributed by atoms with Gasteiger partial charge < -0.3 is 14.2 Å². The molecule has 0 heterocycles. The van der Waals surface area contributed by atoms with E-state index in [1.54, 1.807) is 0 Å². The highest BCUT2D eigenvalue weighted by molar-refractivity contribution is 5.71. The Morgan fingerprint density at radius 2 is 0.439 bits per heavy atom. The molecule has 0 N–H and O–H groups in total. The molecule has 82 heavy (non-hydrogen) atoms. The maximum atomic E-state index is 13.0. The van der Waals surface area contributed by atoms with Gasteiger partial charge in [-0.15, -0.1) is 0 Å². The number of carbonyl (C=O) groups excluding carboxylic acids is 3. The molecule has 6 nitrogen and oxygen atoms in total. The molecule has 0 bridgehead atoms. The Labute approximate surface area is 512 Å². The first-order valence-electron chi connectivity index (χ1n) is 37.0. The van der Waals surface area contributed by atoms with E-state index in [0.29, 0.717) is 19.3 Å². The SMILES string of the molecule is CCCCCCC/C=C\C/C=C\C/C=C\CCCCCCCCCCCCCCC(=O)OCC(COC(=O)CCCCCCCCCCCCC)OC(=O)CCCCCCCCCCCCCCCCCCCCCCCCCCCC. The van der Waals surface area contributed by atoms with Crippen LogP contribution < -0.4 is 0 Å². The van der Waals surface area contributed by atoms with Gasteiger partial charge in [-0.05, 0) is 57.8 Å². The first-order chi connectivity index (χ1) is 40.5. The van der Waals surface area contributed by atoms with E-state index in [9.17, 15) is 14.4 Å². The van der Waals surface area contributed by atoms with Gasteiger partial charge in [-0.1, -0.05) is 372 Å². The molecule has 1 atom stereocenters. The highest BCUT2D eigenvalue weighted by Gasteiger charge is 2.20. The molecule has 0 saturated carbocycles. The van der Waals surface area contributed by atoms with Crippen LogP contribution in [0.15, 0.2) is 36.5 Å². The van der Waals surface area contributed by atoms with Crippen LogP contribution in [0.3, 0.4) is 0 Å². The Morgan fingerprint density at radius 3 is 0.683 bits per heavy atom. The second kappa shape index (κ2) is 71.1. The topological polar surface area (TPSA) is 78.9 Å². The molecular formula is C76H142O6. The molecule has 0 aliphatic heterocycles. The number of hydrogen-bond acceptors (Lipinski definition) is 6. The molecule has 6 heteroatoms. The molecule has 0 saturated heterocycles. The summed E-state index contributed by atoms with van der Waals surface area (Å²) in [5.41, 5.74) is 0. The summed E-state index contributed by atoms with van der Waals surface area (Å²) in [6.07, 6.45) is 89.1. The van der Waals surface area contributed by atoms with Crippen molar-refractivity contribution in [3.05, 3.63) is 36.5 Å². The minimum absolute atomic E-state index is 0.0662. The molecule has 0 aromatic heterocycles. The number of rotatable bonds is 69. The predicted molar refractivity (Wildman–Crippen MR) is 358 cm³/mol. The van der Waals surface area contributed by atoms with Gasteiger partial charge in [0.2, 0.25) is 0 Å². The average molecular weight is 1150 g/mol. The number of esters is 3. The Hall–Kier alpha value is -2.37. The first-order valence-corrected chi connectivity index (χ1v) is 37.0. The van der Waals surface area contributed by atoms with Gasteiger partial charge in [-0.25, -0.2) is 0 Å². The third kappa shape index (κ3) is 68.4. The van der Waals surface area contributed by atoms with Crippen molar-refractivity contribution >= 4 is 17.9 Å². The maximum Gasteiger partial charge on any atom is 0.306 e. The van der Waals surface area contributed by atoms with Crippen molar-refractivity contribution in [2.45, 2.75) is 419 Å². The van der Waals surface area contributed by atoms with Crippen LogP contribution in [0.4, 0.5) is 0 Å². The summed E-state index contributed by atoms with van der Waals surface area (Å²) in [7, 11) is 0. The van der Waals surface area contributed by atoms with Gasteiger partial charge >= 0.3 is 17.9 Å².